The van der Waals surface area contributed by atoms with Crippen molar-refractivity contribution in [3.8, 4) is 0 Å². The first-order chi connectivity index (χ1) is 8.29. The van der Waals surface area contributed by atoms with Crippen molar-refractivity contribution < 1.29 is 5.11 Å². The van der Waals surface area contributed by atoms with E-state index in [9.17, 15) is 0 Å². The van der Waals surface area contributed by atoms with Gasteiger partial charge in [-0.25, -0.2) is 4.98 Å². The second-order valence-electron chi connectivity index (χ2n) is 3.80. The van der Waals surface area contributed by atoms with Gasteiger partial charge in [0.2, 0.25) is 0 Å². The van der Waals surface area contributed by atoms with Gasteiger partial charge in [0.15, 0.2) is 0 Å². The van der Waals surface area contributed by atoms with Gasteiger partial charge in [-0.05, 0) is 18.1 Å². The van der Waals surface area contributed by atoms with E-state index in [4.69, 9.17) is 16.7 Å². The van der Waals surface area contributed by atoms with Gasteiger partial charge >= 0.3 is 0 Å². The number of aryl methyl sites for hydroxylation is 2. The third-order valence-electron chi connectivity index (χ3n) is 2.53. The van der Waals surface area contributed by atoms with Crippen molar-refractivity contribution in [2.75, 3.05) is 6.61 Å². The van der Waals surface area contributed by atoms with E-state index in [2.05, 4.69) is 4.98 Å². The van der Waals surface area contributed by atoms with Crippen molar-refractivity contribution in [1.29, 1.82) is 0 Å². The van der Waals surface area contributed by atoms with E-state index in [0.717, 1.165) is 34.1 Å². The van der Waals surface area contributed by atoms with Crippen molar-refractivity contribution in [3.63, 3.8) is 0 Å². The molecule has 1 N–H and O–H groups in total. The number of benzene rings is 1. The van der Waals surface area contributed by atoms with Gasteiger partial charge in [-0.1, -0.05) is 29.8 Å². The summed E-state index contributed by atoms with van der Waals surface area (Å²) in [6.07, 6.45) is 2.45. The quantitative estimate of drug-likeness (QED) is 0.903. The normalized spacial score (nSPS) is 10.7. The molecule has 17 heavy (non-hydrogen) atoms. The number of thiazole rings is 1. The molecule has 0 aliphatic carbocycles. The van der Waals surface area contributed by atoms with Gasteiger partial charge in [-0.3, -0.25) is 0 Å². The van der Waals surface area contributed by atoms with Crippen molar-refractivity contribution in [1.82, 2.24) is 4.98 Å². The Balaban J connectivity index is 1.95. The van der Waals surface area contributed by atoms with Gasteiger partial charge in [0.25, 0.3) is 0 Å². The number of rotatable bonds is 5. The lowest BCUT2D eigenvalue weighted by Crippen LogP contribution is -1.94. The lowest BCUT2D eigenvalue weighted by molar-refractivity contribution is 0.298. The maximum Gasteiger partial charge on any atom is 0.0931 e. The molecule has 0 atom stereocenters. The van der Waals surface area contributed by atoms with E-state index in [1.54, 1.807) is 11.3 Å². The summed E-state index contributed by atoms with van der Waals surface area (Å²) in [6, 6.07) is 7.90. The van der Waals surface area contributed by atoms with E-state index in [-0.39, 0.29) is 6.61 Å². The van der Waals surface area contributed by atoms with Crippen LogP contribution in [0.25, 0.3) is 0 Å². The maximum absolute atomic E-state index is 8.82. The molecule has 0 fully saturated rings. The minimum absolute atomic E-state index is 0.160. The Kier molecular flexibility index (Phi) is 4.54. The molecule has 2 nitrogen and oxygen atoms in total. The van der Waals surface area contributed by atoms with E-state index >= 15 is 0 Å². The summed E-state index contributed by atoms with van der Waals surface area (Å²) >= 11 is 7.74. The zero-order valence-electron chi connectivity index (χ0n) is 9.40. The van der Waals surface area contributed by atoms with Gasteiger partial charge in [0.1, 0.15) is 0 Å². The first kappa shape index (κ1) is 12.6. The lowest BCUT2D eigenvalue weighted by Gasteiger charge is -2.01. The molecule has 0 saturated carbocycles. The molecule has 0 unspecified atom stereocenters. The van der Waals surface area contributed by atoms with Gasteiger partial charge in [0.05, 0.1) is 10.7 Å². The average molecular weight is 268 g/mol. The summed E-state index contributed by atoms with van der Waals surface area (Å²) in [5.41, 5.74) is 2.14. The van der Waals surface area contributed by atoms with E-state index < -0.39 is 0 Å². The summed E-state index contributed by atoms with van der Waals surface area (Å²) in [7, 11) is 0. The van der Waals surface area contributed by atoms with Crippen molar-refractivity contribution in [2.24, 2.45) is 0 Å². The number of aliphatic hydroxyl groups excluding tert-OH is 1. The summed E-state index contributed by atoms with van der Waals surface area (Å²) in [5.74, 6) is 0. The molecular weight excluding hydrogens is 254 g/mol. The van der Waals surface area contributed by atoms with Crippen LogP contribution < -0.4 is 0 Å². The summed E-state index contributed by atoms with van der Waals surface area (Å²) in [4.78, 5) is 4.46. The Morgan fingerprint density at radius 2 is 2.00 bits per heavy atom. The van der Waals surface area contributed by atoms with Crippen LogP contribution in [0.3, 0.4) is 0 Å². The Hall–Kier alpha value is -0.900. The molecule has 2 aromatic rings. The highest BCUT2D eigenvalue weighted by atomic mass is 35.5. The fourth-order valence-electron chi connectivity index (χ4n) is 1.64. The molecule has 2 rings (SSSR count). The monoisotopic (exact) mass is 267 g/mol. The third kappa shape index (κ3) is 3.53. The summed E-state index contributed by atoms with van der Waals surface area (Å²) in [5, 5.41) is 12.8. The molecule has 4 heteroatoms. The molecule has 0 bridgehead atoms. The Bertz CT molecular complexity index is 484. The maximum atomic E-state index is 8.82. The van der Waals surface area contributed by atoms with Crippen LogP contribution in [0.15, 0.2) is 29.6 Å². The van der Waals surface area contributed by atoms with E-state index in [1.165, 1.54) is 0 Å². The molecule has 0 spiro atoms. The van der Waals surface area contributed by atoms with Gasteiger partial charge in [-0.2, -0.15) is 0 Å². The predicted octanol–water partition coefficient (Wildman–Crippen LogP) is 3.12. The first-order valence-corrected chi connectivity index (χ1v) is 6.83. The molecule has 1 aromatic heterocycles. The fraction of sp³-hybridized carbons (Fsp3) is 0.308. The first-order valence-electron chi connectivity index (χ1n) is 5.57. The largest absolute Gasteiger partial charge is 0.396 e. The minimum atomic E-state index is 0.160. The molecule has 90 valence electrons. The smallest absolute Gasteiger partial charge is 0.0931 e. The van der Waals surface area contributed by atoms with Crippen LogP contribution in [0.5, 0.6) is 0 Å². The third-order valence-corrected chi connectivity index (χ3v) is 3.86. The van der Waals surface area contributed by atoms with Crippen molar-refractivity contribution in [2.45, 2.75) is 19.3 Å². The van der Waals surface area contributed by atoms with Crippen LogP contribution in [0.1, 0.15) is 16.3 Å². The van der Waals surface area contributed by atoms with Crippen LogP contribution in [0.2, 0.25) is 5.02 Å². The zero-order chi connectivity index (χ0) is 12.1. The number of aliphatic hydroxyl groups is 1. The minimum Gasteiger partial charge on any atom is -0.396 e. The molecule has 1 heterocycles. The van der Waals surface area contributed by atoms with Gasteiger partial charge in [-0.15, -0.1) is 11.3 Å². The van der Waals surface area contributed by atoms with Crippen molar-refractivity contribution >= 4 is 22.9 Å². The highest BCUT2D eigenvalue weighted by molar-refractivity contribution is 7.09. The standard InChI is InChI=1S/C13H14ClNOS/c14-12-4-2-1-3-10(12)5-6-13-15-11(7-8-16)9-17-13/h1-4,9,16H,5-8H2. The number of nitrogens with zero attached hydrogens (tertiary/aromatic N) is 1. The molecule has 0 aliphatic rings. The number of hydrogen-bond donors (Lipinski definition) is 1. The molecular formula is C13H14ClNOS. The number of hydrogen-bond acceptors (Lipinski definition) is 3. The van der Waals surface area contributed by atoms with Gasteiger partial charge < -0.3 is 5.11 Å². The predicted molar refractivity (Wildman–Crippen MR) is 71.8 cm³/mol. The zero-order valence-corrected chi connectivity index (χ0v) is 11.0. The summed E-state index contributed by atoms with van der Waals surface area (Å²) in [6.45, 7) is 0.160. The highest BCUT2D eigenvalue weighted by Crippen LogP contribution is 2.18. The van der Waals surface area contributed by atoms with Crippen molar-refractivity contribution in [3.05, 3.63) is 50.9 Å². The second kappa shape index (κ2) is 6.15. The van der Waals surface area contributed by atoms with Crippen LogP contribution in [0.4, 0.5) is 0 Å². The van der Waals surface area contributed by atoms with Crippen LogP contribution in [0, 0.1) is 0 Å². The second-order valence-corrected chi connectivity index (χ2v) is 5.15. The van der Waals surface area contributed by atoms with E-state index in [0.29, 0.717) is 6.42 Å². The van der Waals surface area contributed by atoms with Crippen LogP contribution in [-0.2, 0) is 19.3 Å². The van der Waals surface area contributed by atoms with Gasteiger partial charge in [0, 0.05) is 29.9 Å². The number of halogens is 1. The highest BCUT2D eigenvalue weighted by Gasteiger charge is 2.04. The summed E-state index contributed by atoms with van der Waals surface area (Å²) < 4.78 is 0. The molecule has 0 saturated heterocycles. The van der Waals surface area contributed by atoms with E-state index in [1.807, 2.05) is 29.6 Å². The Labute approximate surface area is 110 Å². The molecule has 0 radical (unpaired) electrons. The fourth-order valence-corrected chi connectivity index (χ4v) is 2.70. The Morgan fingerprint density at radius 3 is 2.76 bits per heavy atom. The molecule has 0 aliphatic heterocycles. The SMILES string of the molecule is OCCc1csc(CCc2ccccc2Cl)n1. The topological polar surface area (TPSA) is 33.1 Å². The van der Waals surface area contributed by atoms with Crippen LogP contribution >= 0.6 is 22.9 Å². The van der Waals surface area contributed by atoms with Crippen LogP contribution in [-0.4, -0.2) is 16.7 Å². The lowest BCUT2D eigenvalue weighted by atomic mass is 10.1. The molecule has 0 amide bonds. The number of aromatic nitrogens is 1. The Morgan fingerprint density at radius 1 is 1.18 bits per heavy atom. The molecule has 1 aromatic carbocycles. The average Bonchev–Trinajstić information content (AvgIpc) is 2.76.